The lowest BCUT2D eigenvalue weighted by atomic mass is 9.85. The van der Waals surface area contributed by atoms with E-state index in [-0.39, 0.29) is 48.7 Å². The molecule has 8 rings (SSSR count). The second-order valence-electron chi connectivity index (χ2n) is 13.8. The Balaban J connectivity index is 0.00000532. The summed E-state index contributed by atoms with van der Waals surface area (Å²) >= 11 is 13.0. The molecular weight excluding hydrogens is 759 g/mol. The molecule has 3 aliphatic heterocycles. The molecule has 0 aliphatic carbocycles. The number of rotatable bonds is 15. The third kappa shape index (κ3) is 9.65. The van der Waals surface area contributed by atoms with Gasteiger partial charge in [0.25, 0.3) is 0 Å². The monoisotopic (exact) mass is 802 g/mol. The number of nitrogens with zero attached hydrogens (tertiary/aromatic N) is 1. The fourth-order valence-corrected chi connectivity index (χ4v) is 7.94. The first-order chi connectivity index (χ1) is 26.8. The molecule has 3 aliphatic rings. The van der Waals surface area contributed by atoms with Gasteiger partial charge < -0.3 is 33.6 Å². The third-order valence-corrected chi connectivity index (χ3v) is 11.0. The summed E-state index contributed by atoms with van der Waals surface area (Å²) in [6.07, 6.45) is 4.93. The van der Waals surface area contributed by atoms with Crippen LogP contribution in [0.15, 0.2) is 102 Å². The molecule has 0 amide bonds. The highest BCUT2D eigenvalue weighted by Gasteiger charge is 2.37. The van der Waals surface area contributed by atoms with Crippen LogP contribution in [0, 0.1) is 5.92 Å². The second kappa shape index (κ2) is 18.7. The van der Waals surface area contributed by atoms with Gasteiger partial charge in [0.1, 0.15) is 40.4 Å². The first-order valence-corrected chi connectivity index (χ1v) is 19.1. The van der Waals surface area contributed by atoms with Crippen molar-refractivity contribution in [2.75, 3.05) is 33.9 Å². The van der Waals surface area contributed by atoms with Crippen molar-refractivity contribution in [1.82, 2.24) is 4.90 Å². The molecule has 0 radical (unpaired) electrons. The van der Waals surface area contributed by atoms with Crippen molar-refractivity contribution in [2.45, 2.75) is 50.4 Å². The van der Waals surface area contributed by atoms with E-state index in [9.17, 15) is 9.59 Å². The molecule has 3 saturated heterocycles. The first-order valence-electron chi connectivity index (χ1n) is 18.3. The second-order valence-corrected chi connectivity index (χ2v) is 14.6. The standard InChI is InChI=1S/C43H42Cl2N2O8.H2O/c1-50-37-13-11-30(20-40(37)51-2)39(21-34-35(44)23-46-24-36(34)45)55-43(49)38-14-12-32(53-38)26-52-31-10-6-9-29(19-31)33(27-7-4-3-5-8-27)22-42(48)54-41-25-47-17-15-28(41)16-18-47;/h3-14,19-20,23-24,28,33,39,41H,15-18,21-22,25-26H2,1-2H3;1H2/t33-,39+,41-;/m0./s1. The van der Waals surface area contributed by atoms with Crippen LogP contribution in [-0.2, 0) is 27.3 Å². The molecule has 3 aromatic carbocycles. The number of esters is 2. The van der Waals surface area contributed by atoms with Crippen molar-refractivity contribution >= 4 is 35.1 Å². The van der Waals surface area contributed by atoms with Gasteiger partial charge in [-0.3, -0.25) is 9.69 Å². The van der Waals surface area contributed by atoms with Gasteiger partial charge in [0.05, 0.1) is 20.6 Å². The van der Waals surface area contributed by atoms with Gasteiger partial charge in [0.2, 0.25) is 5.76 Å². The molecule has 2 bridgehead atoms. The van der Waals surface area contributed by atoms with E-state index in [1.165, 1.54) is 7.11 Å². The van der Waals surface area contributed by atoms with Crippen molar-refractivity contribution in [1.29, 1.82) is 0 Å². The predicted molar refractivity (Wildman–Crippen MR) is 208 cm³/mol. The Hall–Kier alpha value is -5.07. The minimum atomic E-state index is -0.803. The Kier molecular flexibility index (Phi) is 13.6. The predicted octanol–water partition coefficient (Wildman–Crippen LogP) is 8.12. The summed E-state index contributed by atoms with van der Waals surface area (Å²) in [6.45, 7) is 3.04. The largest absolute Gasteiger partial charge is 0.870 e. The molecule has 0 saturated carbocycles. The number of fused-ring (bicyclic) bond motifs is 3. The summed E-state index contributed by atoms with van der Waals surface area (Å²) < 4.78 is 35.1. The number of aromatic amines is 1. The van der Waals surface area contributed by atoms with E-state index in [0.717, 1.165) is 43.6 Å². The number of ether oxygens (including phenoxy) is 5. The van der Waals surface area contributed by atoms with Crippen LogP contribution in [0.4, 0.5) is 0 Å². The van der Waals surface area contributed by atoms with Crippen LogP contribution in [0.3, 0.4) is 0 Å². The minimum absolute atomic E-state index is 0. The van der Waals surface area contributed by atoms with Crippen molar-refractivity contribution < 1.29 is 48.2 Å². The topological polar surface area (TPSA) is 141 Å². The van der Waals surface area contributed by atoms with Crippen LogP contribution >= 0.6 is 23.2 Å². The Bertz CT molecular complexity index is 2080. The summed E-state index contributed by atoms with van der Waals surface area (Å²) in [5, 5.41) is 0.796. The summed E-state index contributed by atoms with van der Waals surface area (Å²) in [6, 6.07) is 26.1. The summed E-state index contributed by atoms with van der Waals surface area (Å²) in [4.78, 5) is 32.2. The molecule has 5 heterocycles. The number of halogens is 2. The molecule has 2 aromatic heterocycles. The SMILES string of the molecule is COc1ccc([C@@H](Cc2c(Cl)c[nH+]cc2Cl)OC(=O)c2ccc(COc3cccc([C@@H](CC(=O)O[C@H]4CN5CCC4CC5)c4ccccc4)c3)o2)cc1OC.[OH-]. The third-order valence-electron chi connectivity index (χ3n) is 10.4. The molecule has 3 atom stereocenters. The van der Waals surface area contributed by atoms with Gasteiger partial charge in [0, 0.05) is 24.4 Å². The van der Waals surface area contributed by atoms with Gasteiger partial charge in [0.15, 0.2) is 23.9 Å². The lowest BCUT2D eigenvalue weighted by molar-refractivity contribution is -0.377. The van der Waals surface area contributed by atoms with Crippen LogP contribution in [-0.4, -0.2) is 62.3 Å². The number of aromatic nitrogens is 1. The van der Waals surface area contributed by atoms with E-state index in [4.69, 9.17) is 51.3 Å². The molecular formula is C43H44Cl2N2O9. The zero-order valence-corrected chi connectivity index (χ0v) is 32.6. The normalized spacial score (nSPS) is 18.2. The summed E-state index contributed by atoms with van der Waals surface area (Å²) in [5.41, 5.74) is 3.19. The van der Waals surface area contributed by atoms with E-state index < -0.39 is 12.1 Å². The first kappa shape index (κ1) is 40.6. The average molecular weight is 804 g/mol. The number of hydrogen-bond donors (Lipinski definition) is 0. The average Bonchev–Trinajstić information content (AvgIpc) is 3.70. The number of hydrogen-bond acceptors (Lipinski definition) is 10. The molecule has 13 heteroatoms. The van der Waals surface area contributed by atoms with Crippen LogP contribution in [0.2, 0.25) is 10.0 Å². The maximum atomic E-state index is 13.5. The summed E-state index contributed by atoms with van der Waals surface area (Å²) in [5.74, 6) is 1.35. The highest BCUT2D eigenvalue weighted by molar-refractivity contribution is 6.35. The van der Waals surface area contributed by atoms with E-state index in [1.807, 2.05) is 54.6 Å². The summed E-state index contributed by atoms with van der Waals surface area (Å²) in [7, 11) is 3.08. The molecule has 294 valence electrons. The smallest absolute Gasteiger partial charge is 0.374 e. The minimum Gasteiger partial charge on any atom is -0.870 e. The molecule has 11 nitrogen and oxygen atoms in total. The van der Waals surface area contributed by atoms with Crippen molar-refractivity contribution in [3.8, 4) is 17.2 Å². The fourth-order valence-electron chi connectivity index (χ4n) is 7.41. The number of H-pyrrole nitrogens is 1. The quantitative estimate of drug-likeness (QED) is 0.0954. The number of carbonyl (C=O) groups is 2. The lowest BCUT2D eigenvalue weighted by Gasteiger charge is -2.44. The number of methoxy groups -OCH3 is 2. The molecule has 0 spiro atoms. The van der Waals surface area contributed by atoms with Crippen molar-refractivity contribution in [2.24, 2.45) is 5.92 Å². The molecule has 56 heavy (non-hydrogen) atoms. The van der Waals surface area contributed by atoms with Crippen LogP contribution in [0.1, 0.15) is 69.9 Å². The van der Waals surface area contributed by atoms with Gasteiger partial charge in [-0.2, -0.15) is 0 Å². The van der Waals surface area contributed by atoms with Crippen molar-refractivity contribution in [3.63, 3.8) is 0 Å². The zero-order chi connectivity index (χ0) is 38.3. The Morgan fingerprint density at radius 3 is 2.29 bits per heavy atom. The Morgan fingerprint density at radius 1 is 0.857 bits per heavy atom. The Labute approximate surface area is 335 Å². The Morgan fingerprint density at radius 2 is 1.59 bits per heavy atom. The number of carbonyl (C=O) groups excluding carboxylic acids is 2. The van der Waals surface area contributed by atoms with Crippen LogP contribution < -0.4 is 19.2 Å². The number of pyridine rings is 1. The van der Waals surface area contributed by atoms with E-state index in [2.05, 4.69) is 9.88 Å². The highest BCUT2D eigenvalue weighted by Crippen LogP contribution is 2.37. The van der Waals surface area contributed by atoms with Crippen molar-refractivity contribution in [3.05, 3.63) is 141 Å². The van der Waals surface area contributed by atoms with Gasteiger partial charge in [-0.15, -0.1) is 0 Å². The van der Waals surface area contributed by atoms with E-state index in [1.54, 1.807) is 49.8 Å². The molecule has 2 N–H and O–H groups in total. The van der Waals surface area contributed by atoms with Gasteiger partial charge >= 0.3 is 11.9 Å². The molecule has 0 unspecified atom stereocenters. The fraction of sp³-hybridized carbons (Fsp3) is 0.326. The maximum absolute atomic E-state index is 13.5. The maximum Gasteiger partial charge on any atom is 0.374 e. The van der Waals surface area contributed by atoms with Gasteiger partial charge in [-0.05, 0) is 84.9 Å². The van der Waals surface area contributed by atoms with Crippen LogP contribution in [0.5, 0.6) is 17.2 Å². The number of benzene rings is 3. The highest BCUT2D eigenvalue weighted by atomic mass is 35.5. The number of nitrogens with one attached hydrogen (secondary N) is 1. The van der Waals surface area contributed by atoms with E-state index in [0.29, 0.717) is 50.1 Å². The zero-order valence-electron chi connectivity index (χ0n) is 31.1. The van der Waals surface area contributed by atoms with E-state index >= 15 is 0 Å². The molecule has 3 fully saturated rings. The molecule has 5 aromatic rings. The number of furan rings is 1. The van der Waals surface area contributed by atoms with Crippen LogP contribution in [0.25, 0.3) is 0 Å². The number of piperidine rings is 3. The van der Waals surface area contributed by atoms with Gasteiger partial charge in [-0.1, -0.05) is 71.7 Å². The lowest BCUT2D eigenvalue weighted by Crippen LogP contribution is -2.52. The van der Waals surface area contributed by atoms with Gasteiger partial charge in [-0.25, -0.2) is 9.78 Å².